The van der Waals surface area contributed by atoms with Crippen molar-refractivity contribution in [3.05, 3.63) is 53.7 Å². The molecule has 0 bridgehead atoms. The molecule has 0 saturated heterocycles. The third-order valence-corrected chi connectivity index (χ3v) is 3.18. The molecule has 0 saturated carbocycles. The van der Waals surface area contributed by atoms with Crippen LogP contribution < -0.4 is 10.6 Å². The molecule has 0 spiro atoms. The summed E-state index contributed by atoms with van der Waals surface area (Å²) in [6.45, 7) is 0. The van der Waals surface area contributed by atoms with Gasteiger partial charge in [0.25, 0.3) is 0 Å². The highest BCUT2D eigenvalue weighted by Gasteiger charge is 2.35. The Hall–Kier alpha value is -2.15. The van der Waals surface area contributed by atoms with Crippen LogP contribution in [0.15, 0.2) is 42.6 Å². The van der Waals surface area contributed by atoms with Gasteiger partial charge >= 0.3 is 6.18 Å². The van der Waals surface area contributed by atoms with E-state index in [4.69, 9.17) is 18.0 Å². The fraction of sp³-hybridized carbons (Fsp3) is 0.143. The number of aromatic nitrogens is 1. The number of thiocarbonyl (C=S) groups is 1. The zero-order valence-corrected chi connectivity index (χ0v) is 11.9. The normalized spacial score (nSPS) is 11.2. The molecule has 1 aromatic heterocycles. The van der Waals surface area contributed by atoms with Crippen LogP contribution in [0.25, 0.3) is 0 Å². The van der Waals surface area contributed by atoms with Gasteiger partial charge in [-0.1, -0.05) is 12.2 Å². The first-order chi connectivity index (χ1) is 9.80. The number of pyridine rings is 1. The fourth-order valence-corrected chi connectivity index (χ4v) is 1.99. The predicted octanol–water partition coefficient (Wildman–Crippen LogP) is 3.50. The molecule has 1 heterocycles. The van der Waals surface area contributed by atoms with Crippen molar-refractivity contribution in [1.82, 2.24) is 4.98 Å². The zero-order chi connectivity index (χ0) is 15.6. The van der Waals surface area contributed by atoms with Gasteiger partial charge in [-0.25, -0.2) is 4.98 Å². The Balaban J connectivity index is 2.40. The molecule has 0 unspecified atom stereocenters. The number of hydrogen-bond acceptors (Lipinski definition) is 3. The standard InChI is InChI=1S/C14H12F3N3S/c1-20(10-6-4-9(5-7-10)12(18)21)13-11(14(15,16)17)3-2-8-19-13/h2-8H,1H3,(H2,18,21). The molecule has 0 aliphatic carbocycles. The van der Waals surface area contributed by atoms with Gasteiger partial charge in [-0.2, -0.15) is 13.2 Å². The van der Waals surface area contributed by atoms with Crippen LogP contribution in [0.3, 0.4) is 0 Å². The summed E-state index contributed by atoms with van der Waals surface area (Å²) in [5.74, 6) is -0.159. The smallest absolute Gasteiger partial charge is 0.389 e. The van der Waals surface area contributed by atoms with Crippen LogP contribution in [0.5, 0.6) is 0 Å². The van der Waals surface area contributed by atoms with Crippen molar-refractivity contribution in [2.45, 2.75) is 6.18 Å². The van der Waals surface area contributed by atoms with Gasteiger partial charge in [0.15, 0.2) is 0 Å². The third-order valence-electron chi connectivity index (χ3n) is 2.95. The molecule has 2 aromatic rings. The summed E-state index contributed by atoms with van der Waals surface area (Å²) >= 11 is 4.84. The minimum Gasteiger partial charge on any atom is -0.389 e. The van der Waals surface area contributed by atoms with E-state index in [0.717, 1.165) is 6.07 Å². The van der Waals surface area contributed by atoms with E-state index < -0.39 is 11.7 Å². The summed E-state index contributed by atoms with van der Waals surface area (Å²) in [4.78, 5) is 5.44. The lowest BCUT2D eigenvalue weighted by atomic mass is 10.2. The number of halogens is 3. The minimum atomic E-state index is -4.46. The molecule has 0 radical (unpaired) electrons. The number of hydrogen-bond donors (Lipinski definition) is 1. The molecule has 1 aromatic carbocycles. The van der Waals surface area contributed by atoms with E-state index in [0.29, 0.717) is 11.3 Å². The SMILES string of the molecule is CN(c1ccc(C(N)=S)cc1)c1ncccc1C(F)(F)F. The van der Waals surface area contributed by atoms with E-state index in [9.17, 15) is 13.2 Å². The molecule has 3 nitrogen and oxygen atoms in total. The van der Waals surface area contributed by atoms with Crippen molar-refractivity contribution in [3.63, 3.8) is 0 Å². The number of alkyl halides is 3. The van der Waals surface area contributed by atoms with Crippen molar-refractivity contribution in [2.24, 2.45) is 5.73 Å². The fourth-order valence-electron chi connectivity index (χ4n) is 1.86. The Morgan fingerprint density at radius 3 is 2.33 bits per heavy atom. The van der Waals surface area contributed by atoms with Crippen molar-refractivity contribution in [2.75, 3.05) is 11.9 Å². The number of anilines is 2. The third kappa shape index (κ3) is 3.30. The Bertz CT molecular complexity index is 653. The molecule has 0 aliphatic rings. The first kappa shape index (κ1) is 15.2. The van der Waals surface area contributed by atoms with E-state index in [1.807, 2.05) is 0 Å². The lowest BCUT2D eigenvalue weighted by molar-refractivity contribution is -0.137. The van der Waals surface area contributed by atoms with Crippen LogP contribution in [-0.2, 0) is 6.18 Å². The van der Waals surface area contributed by atoms with E-state index in [-0.39, 0.29) is 10.8 Å². The molecule has 0 atom stereocenters. The van der Waals surface area contributed by atoms with Gasteiger partial charge in [0, 0.05) is 24.5 Å². The second-order valence-electron chi connectivity index (χ2n) is 4.34. The van der Waals surface area contributed by atoms with Gasteiger partial charge in [0.2, 0.25) is 0 Å². The summed E-state index contributed by atoms with van der Waals surface area (Å²) in [7, 11) is 1.52. The molecule has 110 valence electrons. The quantitative estimate of drug-likeness (QED) is 0.881. The average Bonchev–Trinajstić information content (AvgIpc) is 2.45. The van der Waals surface area contributed by atoms with Gasteiger partial charge in [-0.05, 0) is 36.4 Å². The summed E-state index contributed by atoms with van der Waals surface area (Å²) in [6, 6.07) is 8.86. The summed E-state index contributed by atoms with van der Waals surface area (Å²) in [6.07, 6.45) is -3.14. The number of nitrogens with zero attached hydrogens (tertiary/aromatic N) is 2. The van der Waals surface area contributed by atoms with Crippen LogP contribution in [0.1, 0.15) is 11.1 Å². The second-order valence-corrected chi connectivity index (χ2v) is 4.78. The maximum Gasteiger partial charge on any atom is 0.419 e. The zero-order valence-electron chi connectivity index (χ0n) is 11.1. The molecule has 2 rings (SSSR count). The monoisotopic (exact) mass is 311 g/mol. The first-order valence-electron chi connectivity index (χ1n) is 5.96. The number of nitrogens with two attached hydrogens (primary N) is 1. The molecule has 0 aliphatic heterocycles. The summed E-state index contributed by atoms with van der Waals surface area (Å²) in [5, 5.41) is 0. The number of rotatable bonds is 3. The highest BCUT2D eigenvalue weighted by atomic mass is 32.1. The van der Waals surface area contributed by atoms with Crippen LogP contribution in [0.2, 0.25) is 0 Å². The Morgan fingerprint density at radius 2 is 1.81 bits per heavy atom. The van der Waals surface area contributed by atoms with Crippen molar-refractivity contribution >= 4 is 28.7 Å². The topological polar surface area (TPSA) is 42.1 Å². The summed E-state index contributed by atoms with van der Waals surface area (Å²) < 4.78 is 39.0. The molecule has 21 heavy (non-hydrogen) atoms. The van der Waals surface area contributed by atoms with E-state index in [1.54, 1.807) is 24.3 Å². The van der Waals surface area contributed by atoms with E-state index >= 15 is 0 Å². The Labute approximate surface area is 125 Å². The Kier molecular flexibility index (Phi) is 4.13. The van der Waals surface area contributed by atoms with Gasteiger partial charge in [-0.15, -0.1) is 0 Å². The van der Waals surface area contributed by atoms with Crippen molar-refractivity contribution in [1.29, 1.82) is 0 Å². The van der Waals surface area contributed by atoms with Gasteiger partial charge in [0.1, 0.15) is 10.8 Å². The number of benzene rings is 1. The summed E-state index contributed by atoms with van der Waals surface area (Å²) in [5.41, 5.74) is 5.91. The lowest BCUT2D eigenvalue weighted by Crippen LogP contribution is -2.18. The molecule has 0 amide bonds. The highest BCUT2D eigenvalue weighted by Crippen LogP contribution is 2.36. The van der Waals surface area contributed by atoms with Crippen molar-refractivity contribution < 1.29 is 13.2 Å². The van der Waals surface area contributed by atoms with Crippen molar-refractivity contribution in [3.8, 4) is 0 Å². The van der Waals surface area contributed by atoms with E-state index in [2.05, 4.69) is 4.98 Å². The first-order valence-corrected chi connectivity index (χ1v) is 6.37. The predicted molar refractivity (Wildman–Crippen MR) is 79.6 cm³/mol. The average molecular weight is 311 g/mol. The second kappa shape index (κ2) is 5.69. The van der Waals surface area contributed by atoms with Crippen LogP contribution >= 0.6 is 12.2 Å². The van der Waals surface area contributed by atoms with Gasteiger partial charge in [0.05, 0.1) is 5.56 Å². The van der Waals surface area contributed by atoms with Crippen LogP contribution in [-0.4, -0.2) is 17.0 Å². The van der Waals surface area contributed by atoms with Crippen LogP contribution in [0, 0.1) is 0 Å². The van der Waals surface area contributed by atoms with E-state index in [1.165, 1.54) is 24.2 Å². The highest BCUT2D eigenvalue weighted by molar-refractivity contribution is 7.80. The maximum absolute atomic E-state index is 13.0. The van der Waals surface area contributed by atoms with Gasteiger partial charge in [-0.3, -0.25) is 0 Å². The molecule has 2 N–H and O–H groups in total. The molecule has 7 heteroatoms. The van der Waals surface area contributed by atoms with Gasteiger partial charge < -0.3 is 10.6 Å². The molecular formula is C14H12F3N3S. The largest absolute Gasteiger partial charge is 0.419 e. The van der Waals surface area contributed by atoms with Crippen LogP contribution in [0.4, 0.5) is 24.7 Å². The Morgan fingerprint density at radius 1 is 1.19 bits per heavy atom. The molecule has 0 fully saturated rings. The maximum atomic E-state index is 13.0. The lowest BCUT2D eigenvalue weighted by Gasteiger charge is -2.22. The minimum absolute atomic E-state index is 0.159. The molecular weight excluding hydrogens is 299 g/mol.